The van der Waals surface area contributed by atoms with Crippen LogP contribution in [0.1, 0.15) is 0 Å². The number of halogens is 1. The van der Waals surface area contributed by atoms with E-state index in [1.54, 1.807) is 30.7 Å². The van der Waals surface area contributed by atoms with Crippen LogP contribution in [0.2, 0.25) is 5.02 Å². The van der Waals surface area contributed by atoms with E-state index >= 15 is 0 Å². The highest BCUT2D eigenvalue weighted by Crippen LogP contribution is 2.33. The maximum absolute atomic E-state index is 9.83. The van der Waals surface area contributed by atoms with Gasteiger partial charge in [0.25, 0.3) is 0 Å². The van der Waals surface area contributed by atoms with Gasteiger partial charge in [-0.05, 0) is 29.8 Å². The number of aromatic hydroxyl groups is 1. The second-order valence-electron chi connectivity index (χ2n) is 3.88. The lowest BCUT2D eigenvalue weighted by atomic mass is 10.0. The third-order valence-electron chi connectivity index (χ3n) is 2.75. The van der Waals surface area contributed by atoms with Gasteiger partial charge in [0.1, 0.15) is 5.75 Å². The van der Waals surface area contributed by atoms with Gasteiger partial charge in [0, 0.05) is 21.4 Å². The number of hydrogen-bond acceptors (Lipinski definition) is 2. The quantitative estimate of drug-likeness (QED) is 0.686. The Bertz CT molecular complexity index is 686. The zero-order chi connectivity index (χ0) is 11.8. The van der Waals surface area contributed by atoms with Gasteiger partial charge in [-0.25, -0.2) is 0 Å². The van der Waals surface area contributed by atoms with E-state index in [0.717, 1.165) is 21.9 Å². The molecule has 0 atom stereocenters. The second kappa shape index (κ2) is 3.82. The molecule has 1 heterocycles. The summed E-state index contributed by atoms with van der Waals surface area (Å²) < 4.78 is 5.12. The van der Waals surface area contributed by atoms with Crippen LogP contribution in [0.15, 0.2) is 53.3 Å². The molecule has 0 radical (unpaired) electrons. The van der Waals surface area contributed by atoms with E-state index < -0.39 is 0 Å². The van der Waals surface area contributed by atoms with Gasteiger partial charge in [0.2, 0.25) is 0 Å². The van der Waals surface area contributed by atoms with Gasteiger partial charge in [0.05, 0.1) is 12.5 Å². The van der Waals surface area contributed by atoms with E-state index in [0.29, 0.717) is 5.02 Å². The third-order valence-corrected chi connectivity index (χ3v) is 2.98. The first-order chi connectivity index (χ1) is 8.24. The van der Waals surface area contributed by atoms with Crippen molar-refractivity contribution in [2.75, 3.05) is 0 Å². The Balaban J connectivity index is 2.22. The van der Waals surface area contributed by atoms with Crippen molar-refractivity contribution >= 4 is 22.4 Å². The van der Waals surface area contributed by atoms with Gasteiger partial charge in [-0.3, -0.25) is 0 Å². The monoisotopic (exact) mass is 244 g/mol. The molecule has 84 valence electrons. The van der Waals surface area contributed by atoms with Gasteiger partial charge in [0.15, 0.2) is 0 Å². The van der Waals surface area contributed by atoms with E-state index in [9.17, 15) is 5.11 Å². The van der Waals surface area contributed by atoms with Gasteiger partial charge >= 0.3 is 0 Å². The van der Waals surface area contributed by atoms with Gasteiger partial charge < -0.3 is 9.52 Å². The molecule has 0 fully saturated rings. The number of fused-ring (bicyclic) bond motifs is 1. The summed E-state index contributed by atoms with van der Waals surface area (Å²) in [7, 11) is 0. The van der Waals surface area contributed by atoms with Crippen molar-refractivity contribution in [2.45, 2.75) is 0 Å². The fourth-order valence-electron chi connectivity index (χ4n) is 1.87. The first kappa shape index (κ1) is 10.2. The summed E-state index contributed by atoms with van der Waals surface area (Å²) in [6.07, 6.45) is 3.37. The molecule has 0 saturated carbocycles. The summed E-state index contributed by atoms with van der Waals surface area (Å²) in [5.41, 5.74) is 1.64. The Morgan fingerprint density at radius 1 is 0.941 bits per heavy atom. The van der Waals surface area contributed by atoms with Crippen molar-refractivity contribution < 1.29 is 9.52 Å². The Morgan fingerprint density at radius 3 is 2.65 bits per heavy atom. The van der Waals surface area contributed by atoms with Crippen molar-refractivity contribution in [3.63, 3.8) is 0 Å². The zero-order valence-corrected chi connectivity index (χ0v) is 9.61. The molecular weight excluding hydrogens is 236 g/mol. The van der Waals surface area contributed by atoms with E-state index in [1.807, 2.05) is 18.2 Å². The largest absolute Gasteiger partial charge is 0.507 e. The van der Waals surface area contributed by atoms with Crippen LogP contribution in [0.5, 0.6) is 5.75 Å². The highest BCUT2D eigenvalue weighted by Gasteiger charge is 2.06. The van der Waals surface area contributed by atoms with E-state index in [2.05, 4.69) is 0 Å². The SMILES string of the molecule is Oc1ccc(Cl)cc1-c1ccc2cocc2c1. The van der Waals surface area contributed by atoms with Crippen LogP contribution >= 0.6 is 11.6 Å². The molecule has 1 aromatic heterocycles. The van der Waals surface area contributed by atoms with Crippen molar-refractivity contribution in [3.8, 4) is 16.9 Å². The second-order valence-corrected chi connectivity index (χ2v) is 4.31. The average Bonchev–Trinajstić information content (AvgIpc) is 2.79. The first-order valence-corrected chi connectivity index (χ1v) is 5.57. The minimum Gasteiger partial charge on any atom is -0.507 e. The predicted octanol–water partition coefficient (Wildman–Crippen LogP) is 4.46. The Labute approximate surface area is 103 Å². The molecule has 0 spiro atoms. The summed E-state index contributed by atoms with van der Waals surface area (Å²) in [4.78, 5) is 0. The molecule has 0 bridgehead atoms. The predicted molar refractivity (Wildman–Crippen MR) is 68.3 cm³/mol. The number of hydrogen-bond donors (Lipinski definition) is 1. The molecule has 3 aromatic rings. The zero-order valence-electron chi connectivity index (χ0n) is 8.85. The number of furan rings is 1. The number of phenolic OH excluding ortho intramolecular Hbond substituents is 1. The van der Waals surface area contributed by atoms with Crippen molar-refractivity contribution in [2.24, 2.45) is 0 Å². The highest BCUT2D eigenvalue weighted by molar-refractivity contribution is 6.31. The molecule has 0 unspecified atom stereocenters. The first-order valence-electron chi connectivity index (χ1n) is 5.19. The number of rotatable bonds is 1. The molecule has 2 aromatic carbocycles. The number of benzene rings is 2. The van der Waals surface area contributed by atoms with E-state index in [-0.39, 0.29) is 5.75 Å². The molecule has 0 saturated heterocycles. The maximum atomic E-state index is 9.83. The summed E-state index contributed by atoms with van der Waals surface area (Å²) >= 11 is 5.93. The molecule has 0 aliphatic carbocycles. The molecular formula is C14H9ClO2. The Hall–Kier alpha value is -1.93. The smallest absolute Gasteiger partial charge is 0.123 e. The van der Waals surface area contributed by atoms with Crippen LogP contribution in [-0.4, -0.2) is 5.11 Å². The average molecular weight is 245 g/mol. The van der Waals surface area contributed by atoms with Gasteiger partial charge in [-0.1, -0.05) is 23.7 Å². The molecule has 0 amide bonds. The van der Waals surface area contributed by atoms with Crippen LogP contribution in [0.4, 0.5) is 0 Å². The van der Waals surface area contributed by atoms with E-state index in [4.69, 9.17) is 16.0 Å². The minimum absolute atomic E-state index is 0.220. The lowest BCUT2D eigenvalue weighted by Crippen LogP contribution is -1.79. The van der Waals surface area contributed by atoms with Crippen LogP contribution < -0.4 is 0 Å². The standard InChI is InChI=1S/C14H9ClO2/c15-12-3-4-14(16)13(6-12)9-1-2-10-7-17-8-11(10)5-9/h1-8,16H. The fourth-order valence-corrected chi connectivity index (χ4v) is 2.04. The minimum atomic E-state index is 0.220. The van der Waals surface area contributed by atoms with Crippen LogP contribution in [0.3, 0.4) is 0 Å². The third kappa shape index (κ3) is 1.77. The van der Waals surface area contributed by atoms with Gasteiger partial charge in [-0.2, -0.15) is 0 Å². The lowest BCUT2D eigenvalue weighted by molar-refractivity contribution is 0.477. The van der Waals surface area contributed by atoms with E-state index in [1.165, 1.54) is 0 Å². The summed E-state index contributed by atoms with van der Waals surface area (Å²) in [5.74, 6) is 0.220. The summed E-state index contributed by atoms with van der Waals surface area (Å²) in [6.45, 7) is 0. The van der Waals surface area contributed by atoms with Crippen molar-refractivity contribution in [1.82, 2.24) is 0 Å². The highest BCUT2D eigenvalue weighted by atomic mass is 35.5. The molecule has 3 heteroatoms. The van der Waals surface area contributed by atoms with Crippen LogP contribution in [-0.2, 0) is 0 Å². The molecule has 2 nitrogen and oxygen atoms in total. The summed E-state index contributed by atoms with van der Waals surface area (Å²) in [5, 5.41) is 12.5. The molecule has 17 heavy (non-hydrogen) atoms. The lowest BCUT2D eigenvalue weighted by Gasteiger charge is -2.05. The Morgan fingerprint density at radius 2 is 1.76 bits per heavy atom. The number of phenols is 1. The molecule has 1 N–H and O–H groups in total. The van der Waals surface area contributed by atoms with Crippen molar-refractivity contribution in [3.05, 3.63) is 53.9 Å². The summed E-state index contributed by atoms with van der Waals surface area (Å²) in [6, 6.07) is 10.9. The van der Waals surface area contributed by atoms with Crippen LogP contribution in [0.25, 0.3) is 21.9 Å². The normalized spacial score (nSPS) is 10.9. The van der Waals surface area contributed by atoms with Crippen LogP contribution in [0, 0.1) is 0 Å². The Kier molecular flexibility index (Phi) is 2.30. The molecule has 0 aliphatic rings. The topological polar surface area (TPSA) is 33.4 Å². The molecule has 3 rings (SSSR count). The maximum Gasteiger partial charge on any atom is 0.123 e. The fraction of sp³-hybridized carbons (Fsp3) is 0. The van der Waals surface area contributed by atoms with Gasteiger partial charge in [-0.15, -0.1) is 0 Å². The molecule has 0 aliphatic heterocycles. The van der Waals surface area contributed by atoms with Crippen molar-refractivity contribution in [1.29, 1.82) is 0 Å².